The molecule has 3 saturated heterocycles. The van der Waals surface area contributed by atoms with Crippen LogP contribution in [-0.2, 0) is 47.4 Å². The molecule has 0 aromatic rings. The Morgan fingerprint density at radius 2 is 1.02 bits per heavy atom. The summed E-state index contributed by atoms with van der Waals surface area (Å²) < 4.78 is 60.1. The first-order valence-electron chi connectivity index (χ1n) is 18.1. The molecule has 17 heteroatoms. The molecule has 0 aromatic heterocycles. The zero-order valence-corrected chi connectivity index (χ0v) is 32.5. The van der Waals surface area contributed by atoms with Gasteiger partial charge in [0.1, 0.15) is 71.7 Å². The van der Waals surface area contributed by atoms with Gasteiger partial charge in [0.15, 0.2) is 12.6 Å². The summed E-state index contributed by atoms with van der Waals surface area (Å²) in [5.74, 6) is -0.138. The van der Waals surface area contributed by atoms with Gasteiger partial charge in [0.25, 0.3) is 0 Å². The molecular formula is C35H66O17. The number of methoxy groups -OCH3 is 2. The van der Waals surface area contributed by atoms with Crippen LogP contribution in [0.1, 0.15) is 62.3 Å². The number of aliphatic hydroxyl groups is 7. The summed E-state index contributed by atoms with van der Waals surface area (Å²) in [5.41, 5.74) is -4.28. The molecule has 0 amide bonds. The van der Waals surface area contributed by atoms with Gasteiger partial charge in [-0.3, -0.25) is 0 Å². The van der Waals surface area contributed by atoms with Crippen molar-refractivity contribution in [1.29, 1.82) is 0 Å². The average Bonchev–Trinajstić information content (AvgIpc) is 3.04. The highest BCUT2D eigenvalue weighted by molar-refractivity contribution is 5.06. The summed E-state index contributed by atoms with van der Waals surface area (Å²) in [4.78, 5) is 0. The van der Waals surface area contributed by atoms with Crippen molar-refractivity contribution in [2.24, 2.45) is 5.92 Å². The molecule has 3 aliphatic heterocycles. The second kappa shape index (κ2) is 19.0. The molecule has 17 nitrogen and oxygen atoms in total. The Balaban J connectivity index is 1.93. The smallest absolute Gasteiger partial charge is 0.187 e. The van der Waals surface area contributed by atoms with Gasteiger partial charge in [-0.05, 0) is 54.4 Å². The van der Waals surface area contributed by atoms with Crippen molar-refractivity contribution < 1.29 is 83.1 Å². The standard InChI is InChI=1S/C35H66O17/c1-17(2)26-25(42)27(44-11)30(35(9,50-26)16-46-13-20(6)37)49-32-24(41)22(39)29(33(7,51-32)14-43-10)48-31-23(40)21(38)28(47-18(3)4)34(8,52-31)15-45-12-19(5)36/h17-32,36-42H,12-16H2,1-11H3/t19?,20?,21?,22?,23?,24?,25?,26-,27?,28-,29-,30-,31+,32+,33?,34?,35?/m0/s1. The molecule has 0 aromatic carbocycles. The lowest BCUT2D eigenvalue weighted by molar-refractivity contribution is -0.408. The Hall–Kier alpha value is -0.680. The van der Waals surface area contributed by atoms with Gasteiger partial charge in [-0.1, -0.05) is 13.8 Å². The molecule has 0 aliphatic carbocycles. The van der Waals surface area contributed by atoms with Crippen LogP contribution in [0.4, 0.5) is 0 Å². The van der Waals surface area contributed by atoms with Crippen LogP contribution in [0.3, 0.4) is 0 Å². The molecule has 0 spiro atoms. The van der Waals surface area contributed by atoms with Crippen molar-refractivity contribution in [3.05, 3.63) is 0 Å². The zero-order valence-electron chi connectivity index (χ0n) is 32.5. The maximum atomic E-state index is 11.7. The summed E-state index contributed by atoms with van der Waals surface area (Å²) in [6.45, 7) is 14.7. The van der Waals surface area contributed by atoms with E-state index in [-0.39, 0.29) is 45.1 Å². The minimum Gasteiger partial charge on any atom is -0.391 e. The molecule has 3 heterocycles. The molecule has 0 bridgehead atoms. The Bertz CT molecular complexity index is 1070. The quantitative estimate of drug-likeness (QED) is 0.0875. The van der Waals surface area contributed by atoms with E-state index < -0.39 is 103 Å². The normalized spacial score (nSPS) is 44.3. The molecule has 0 saturated carbocycles. The Morgan fingerprint density at radius 3 is 1.44 bits per heavy atom. The van der Waals surface area contributed by atoms with E-state index in [0.29, 0.717) is 0 Å². The topological polar surface area (TPSA) is 234 Å². The fourth-order valence-electron chi connectivity index (χ4n) is 7.13. The largest absolute Gasteiger partial charge is 0.391 e. The minimum atomic E-state index is -1.78. The predicted molar refractivity (Wildman–Crippen MR) is 182 cm³/mol. The van der Waals surface area contributed by atoms with Crippen LogP contribution in [0.25, 0.3) is 0 Å². The van der Waals surface area contributed by atoms with Crippen molar-refractivity contribution in [1.82, 2.24) is 0 Å². The third kappa shape index (κ3) is 10.6. The second-order valence-corrected chi connectivity index (χ2v) is 15.8. The molecule has 3 fully saturated rings. The molecule has 3 rings (SSSR count). The van der Waals surface area contributed by atoms with Crippen LogP contribution in [0.2, 0.25) is 0 Å². The molecular weight excluding hydrogens is 692 g/mol. The van der Waals surface area contributed by atoms with Crippen LogP contribution in [0.15, 0.2) is 0 Å². The second-order valence-electron chi connectivity index (χ2n) is 15.8. The van der Waals surface area contributed by atoms with Gasteiger partial charge in [0.05, 0.1) is 57.5 Å². The number of ether oxygens (including phenoxy) is 10. The highest BCUT2D eigenvalue weighted by Gasteiger charge is 2.61. The van der Waals surface area contributed by atoms with Gasteiger partial charge in [0.2, 0.25) is 0 Å². The zero-order chi connectivity index (χ0) is 39.3. The van der Waals surface area contributed by atoms with Crippen LogP contribution in [0, 0.1) is 5.92 Å². The van der Waals surface area contributed by atoms with E-state index in [0.717, 1.165) is 0 Å². The van der Waals surface area contributed by atoms with E-state index in [1.165, 1.54) is 14.2 Å². The Morgan fingerprint density at radius 1 is 0.577 bits per heavy atom. The average molecular weight is 759 g/mol. The summed E-state index contributed by atoms with van der Waals surface area (Å²) in [6.07, 6.45) is -18.3. The first-order valence-corrected chi connectivity index (χ1v) is 18.1. The number of aliphatic hydroxyl groups excluding tert-OH is 7. The predicted octanol–water partition coefficient (Wildman–Crippen LogP) is -1.15. The Labute approximate surface area is 307 Å². The monoisotopic (exact) mass is 758 g/mol. The van der Waals surface area contributed by atoms with Gasteiger partial charge < -0.3 is 83.1 Å². The van der Waals surface area contributed by atoms with Gasteiger partial charge in [-0.15, -0.1) is 0 Å². The van der Waals surface area contributed by atoms with E-state index in [2.05, 4.69) is 0 Å². The van der Waals surface area contributed by atoms with Gasteiger partial charge >= 0.3 is 0 Å². The van der Waals surface area contributed by atoms with Crippen molar-refractivity contribution in [3.8, 4) is 0 Å². The van der Waals surface area contributed by atoms with Crippen LogP contribution >= 0.6 is 0 Å². The van der Waals surface area contributed by atoms with Crippen LogP contribution < -0.4 is 0 Å². The number of hydrogen-bond acceptors (Lipinski definition) is 17. The SMILES string of the molecule is COCC1(C)O[C@@H](O[C@H]2C(OC)C(O)[C@H](C(C)C)OC2(C)COCC(C)O)C(O)C(O)[C@@H]1O[C@@H]1OC(C)(COCC(C)O)[C@@H](OC(C)C)C(O)C1O. The van der Waals surface area contributed by atoms with E-state index in [1.54, 1.807) is 48.5 Å². The molecule has 3 aliphatic rings. The van der Waals surface area contributed by atoms with Gasteiger partial charge in [-0.2, -0.15) is 0 Å². The third-order valence-electron chi connectivity index (χ3n) is 9.67. The lowest BCUT2D eigenvalue weighted by atomic mass is 9.82. The van der Waals surface area contributed by atoms with Gasteiger partial charge in [-0.25, -0.2) is 0 Å². The van der Waals surface area contributed by atoms with Crippen molar-refractivity contribution in [3.63, 3.8) is 0 Å². The summed E-state index contributed by atoms with van der Waals surface area (Å²) in [7, 11) is 2.80. The summed E-state index contributed by atoms with van der Waals surface area (Å²) in [6, 6.07) is 0. The van der Waals surface area contributed by atoms with E-state index >= 15 is 0 Å². The molecule has 0 radical (unpaired) electrons. The Kier molecular flexibility index (Phi) is 16.7. The third-order valence-corrected chi connectivity index (χ3v) is 9.67. The van der Waals surface area contributed by atoms with Crippen LogP contribution in [-0.4, -0.2) is 192 Å². The number of hydrogen-bond donors (Lipinski definition) is 7. The molecule has 17 atom stereocenters. The summed E-state index contributed by atoms with van der Waals surface area (Å²) >= 11 is 0. The first-order chi connectivity index (χ1) is 24.1. The van der Waals surface area contributed by atoms with Gasteiger partial charge in [0, 0.05) is 14.2 Å². The minimum absolute atomic E-state index is 0.00965. The summed E-state index contributed by atoms with van der Waals surface area (Å²) in [5, 5.41) is 76.6. The highest BCUT2D eigenvalue weighted by atomic mass is 16.8. The lowest BCUT2D eigenvalue weighted by Gasteiger charge is -2.55. The van der Waals surface area contributed by atoms with E-state index in [4.69, 9.17) is 47.4 Å². The maximum Gasteiger partial charge on any atom is 0.187 e. The molecule has 308 valence electrons. The number of rotatable bonds is 18. The van der Waals surface area contributed by atoms with Crippen molar-refractivity contribution in [2.45, 2.75) is 171 Å². The first kappa shape index (κ1) is 45.7. The van der Waals surface area contributed by atoms with Crippen molar-refractivity contribution in [2.75, 3.05) is 47.3 Å². The molecule has 52 heavy (non-hydrogen) atoms. The highest BCUT2D eigenvalue weighted by Crippen LogP contribution is 2.42. The molecule has 7 N–H and O–H groups in total. The lowest BCUT2D eigenvalue weighted by Crippen LogP contribution is -2.72. The van der Waals surface area contributed by atoms with Crippen LogP contribution in [0.5, 0.6) is 0 Å². The van der Waals surface area contributed by atoms with Crippen molar-refractivity contribution >= 4 is 0 Å². The fraction of sp³-hybridized carbons (Fsp3) is 1.00. The fourth-order valence-corrected chi connectivity index (χ4v) is 7.13. The molecule has 11 unspecified atom stereocenters. The van der Waals surface area contributed by atoms with E-state index in [9.17, 15) is 35.7 Å². The van der Waals surface area contributed by atoms with E-state index in [1.807, 2.05) is 13.8 Å². The maximum absolute atomic E-state index is 11.7.